The lowest BCUT2D eigenvalue weighted by Crippen LogP contribution is -2.63. The third-order valence-electron chi connectivity index (χ3n) is 6.20. The van der Waals surface area contributed by atoms with Crippen molar-refractivity contribution in [2.45, 2.75) is 51.9 Å². The van der Waals surface area contributed by atoms with Gasteiger partial charge in [-0.3, -0.25) is 9.80 Å². The molecule has 2 aromatic carbocycles. The van der Waals surface area contributed by atoms with Gasteiger partial charge < -0.3 is 10.2 Å². The van der Waals surface area contributed by atoms with Gasteiger partial charge in [-0.25, -0.2) is 0 Å². The van der Waals surface area contributed by atoms with Gasteiger partial charge >= 0.3 is 0 Å². The molecule has 4 nitrogen and oxygen atoms in total. The number of hydrogen-bond donors (Lipinski definition) is 2. The van der Waals surface area contributed by atoms with Gasteiger partial charge in [-0.2, -0.15) is 0 Å². The van der Waals surface area contributed by atoms with Gasteiger partial charge in [0.05, 0.1) is 0 Å². The third-order valence-corrected chi connectivity index (χ3v) is 6.20. The van der Waals surface area contributed by atoms with E-state index in [4.69, 9.17) is 0 Å². The fraction of sp³-hybridized carbons (Fsp3) is 0.455. The first-order valence-corrected chi connectivity index (χ1v) is 9.03. The first-order valence-electron chi connectivity index (χ1n) is 9.03. The lowest BCUT2D eigenvalue weighted by atomic mass is 9.79. The molecule has 0 radical (unpaired) electrons. The van der Waals surface area contributed by atoms with Crippen LogP contribution in [0.5, 0.6) is 11.5 Å². The molecule has 2 rings (SSSR count). The molecule has 0 aromatic heterocycles. The van der Waals surface area contributed by atoms with Gasteiger partial charge in [0, 0.05) is 35.3 Å². The average Bonchev–Trinajstić information content (AvgIpc) is 2.58. The molecule has 0 heterocycles. The summed E-state index contributed by atoms with van der Waals surface area (Å²) < 4.78 is 0. The van der Waals surface area contributed by atoms with Gasteiger partial charge in [0.1, 0.15) is 11.5 Å². The fourth-order valence-electron chi connectivity index (χ4n) is 3.13. The summed E-state index contributed by atoms with van der Waals surface area (Å²) in [7, 11) is 4.17. The van der Waals surface area contributed by atoms with Crippen molar-refractivity contribution >= 4 is 0 Å². The number of phenols is 2. The zero-order chi connectivity index (χ0) is 19.5. The van der Waals surface area contributed by atoms with Crippen LogP contribution in [0.1, 0.15) is 38.8 Å². The number of likely N-dealkylation sites (N-methyl/N-ethyl adjacent to an activating group) is 2. The van der Waals surface area contributed by atoms with Crippen LogP contribution in [0.25, 0.3) is 0 Å². The lowest BCUT2D eigenvalue weighted by Gasteiger charge is -2.52. The summed E-state index contributed by atoms with van der Waals surface area (Å²) in [4.78, 5) is 4.53. The van der Waals surface area contributed by atoms with E-state index >= 15 is 0 Å². The molecular weight excluding hydrogens is 324 g/mol. The zero-order valence-electron chi connectivity index (χ0n) is 16.8. The molecule has 0 spiro atoms. The Morgan fingerprint density at radius 2 is 0.962 bits per heavy atom. The van der Waals surface area contributed by atoms with E-state index in [2.05, 4.69) is 51.6 Å². The highest BCUT2D eigenvalue weighted by Gasteiger charge is 2.43. The van der Waals surface area contributed by atoms with Crippen molar-refractivity contribution < 1.29 is 10.2 Å². The Morgan fingerprint density at radius 1 is 0.654 bits per heavy atom. The fourth-order valence-corrected chi connectivity index (χ4v) is 3.13. The van der Waals surface area contributed by atoms with Gasteiger partial charge in [-0.05, 0) is 53.9 Å². The predicted molar refractivity (Wildman–Crippen MR) is 107 cm³/mol. The molecule has 0 aliphatic rings. The number of nitrogens with zero attached hydrogens (tertiary/aromatic N) is 2. The molecule has 0 amide bonds. The summed E-state index contributed by atoms with van der Waals surface area (Å²) in [6.45, 7) is 10.2. The van der Waals surface area contributed by atoms with Crippen molar-refractivity contribution in [1.29, 1.82) is 0 Å². The van der Waals surface area contributed by atoms with E-state index in [1.807, 2.05) is 36.4 Å². The Hall–Kier alpha value is -2.04. The first kappa shape index (κ1) is 20.3. The van der Waals surface area contributed by atoms with Crippen LogP contribution >= 0.6 is 0 Å². The van der Waals surface area contributed by atoms with Crippen molar-refractivity contribution in [3.05, 3.63) is 59.7 Å². The van der Waals surface area contributed by atoms with Gasteiger partial charge in [0.2, 0.25) is 0 Å². The first-order chi connectivity index (χ1) is 12.1. The molecule has 0 saturated heterocycles. The van der Waals surface area contributed by atoms with Crippen LogP contribution in [-0.4, -0.2) is 45.2 Å². The van der Waals surface area contributed by atoms with Crippen LogP contribution in [0.3, 0.4) is 0 Å². The summed E-state index contributed by atoms with van der Waals surface area (Å²) in [5.74, 6) is 0.658. The van der Waals surface area contributed by atoms with E-state index in [1.54, 1.807) is 12.1 Å². The smallest absolute Gasteiger partial charge is 0.120 e. The highest BCUT2D eigenvalue weighted by Crippen LogP contribution is 2.35. The Labute approximate surface area is 157 Å². The van der Waals surface area contributed by atoms with Gasteiger partial charge in [-0.15, -0.1) is 0 Å². The highest BCUT2D eigenvalue weighted by molar-refractivity contribution is 5.33. The second kappa shape index (κ2) is 7.68. The van der Waals surface area contributed by atoms with Crippen LogP contribution in [-0.2, 0) is 13.1 Å². The number of phenolic OH excluding ortho intramolecular Hbond substituents is 2. The van der Waals surface area contributed by atoms with Crippen LogP contribution in [0, 0.1) is 0 Å². The summed E-state index contributed by atoms with van der Waals surface area (Å²) in [6.07, 6.45) is 0. The normalized spacial score (nSPS) is 12.8. The maximum atomic E-state index is 10.1. The van der Waals surface area contributed by atoms with Crippen molar-refractivity contribution in [1.82, 2.24) is 9.80 Å². The van der Waals surface area contributed by atoms with Crippen LogP contribution in [0.4, 0.5) is 0 Å². The molecule has 2 aromatic rings. The van der Waals surface area contributed by atoms with E-state index in [0.717, 1.165) is 11.1 Å². The SMILES string of the molecule is CN(Cc1ccccc1O)C(C)(C)C(C)(C)N(C)Cc1ccccc1O. The maximum Gasteiger partial charge on any atom is 0.120 e. The molecule has 0 fully saturated rings. The quantitative estimate of drug-likeness (QED) is 0.780. The molecule has 0 aliphatic heterocycles. The molecule has 142 valence electrons. The molecule has 0 bridgehead atoms. The Balaban J connectivity index is 2.18. The monoisotopic (exact) mass is 356 g/mol. The lowest BCUT2D eigenvalue weighted by molar-refractivity contribution is -0.0200. The predicted octanol–water partition coefficient (Wildman–Crippen LogP) is 4.22. The standard InChI is InChI=1S/C22H32N2O2/c1-21(2,23(5)15-17-11-7-9-13-19(17)25)22(3,4)24(6)16-18-12-8-10-14-20(18)26/h7-14,25-26H,15-16H2,1-6H3. The minimum atomic E-state index is -0.186. The van der Waals surface area contributed by atoms with E-state index in [0.29, 0.717) is 24.6 Å². The second-order valence-electron chi connectivity index (χ2n) is 8.09. The Morgan fingerprint density at radius 3 is 1.27 bits per heavy atom. The molecule has 4 heteroatoms. The minimum Gasteiger partial charge on any atom is -0.508 e. The maximum absolute atomic E-state index is 10.1. The molecule has 26 heavy (non-hydrogen) atoms. The largest absolute Gasteiger partial charge is 0.508 e. The number of aromatic hydroxyl groups is 2. The summed E-state index contributed by atoms with van der Waals surface area (Å²) in [5.41, 5.74) is 1.47. The number of rotatable bonds is 7. The molecule has 0 atom stereocenters. The minimum absolute atomic E-state index is 0.186. The zero-order valence-corrected chi connectivity index (χ0v) is 16.8. The second-order valence-corrected chi connectivity index (χ2v) is 8.09. The Kier molecular flexibility index (Phi) is 5.99. The van der Waals surface area contributed by atoms with Crippen molar-refractivity contribution in [3.8, 4) is 11.5 Å². The van der Waals surface area contributed by atoms with Crippen LogP contribution in [0.2, 0.25) is 0 Å². The molecule has 0 saturated carbocycles. The highest BCUT2D eigenvalue weighted by atomic mass is 16.3. The molecule has 0 unspecified atom stereocenters. The van der Waals surface area contributed by atoms with E-state index in [1.165, 1.54) is 0 Å². The van der Waals surface area contributed by atoms with E-state index < -0.39 is 0 Å². The summed E-state index contributed by atoms with van der Waals surface area (Å²) in [5, 5.41) is 20.2. The summed E-state index contributed by atoms with van der Waals surface area (Å²) >= 11 is 0. The molecular formula is C22H32N2O2. The molecule has 0 aliphatic carbocycles. The van der Waals surface area contributed by atoms with E-state index in [-0.39, 0.29) is 11.1 Å². The van der Waals surface area contributed by atoms with Gasteiger partial charge in [0.15, 0.2) is 0 Å². The summed E-state index contributed by atoms with van der Waals surface area (Å²) in [6, 6.07) is 15.0. The van der Waals surface area contributed by atoms with E-state index in [9.17, 15) is 10.2 Å². The number of benzene rings is 2. The topological polar surface area (TPSA) is 46.9 Å². The van der Waals surface area contributed by atoms with Crippen molar-refractivity contribution in [2.75, 3.05) is 14.1 Å². The van der Waals surface area contributed by atoms with Crippen LogP contribution < -0.4 is 0 Å². The molecule has 2 N–H and O–H groups in total. The van der Waals surface area contributed by atoms with Gasteiger partial charge in [-0.1, -0.05) is 36.4 Å². The van der Waals surface area contributed by atoms with Gasteiger partial charge in [0.25, 0.3) is 0 Å². The third kappa shape index (κ3) is 4.02. The average molecular weight is 357 g/mol. The number of hydrogen-bond acceptors (Lipinski definition) is 4. The Bertz CT molecular complexity index is 677. The van der Waals surface area contributed by atoms with Crippen molar-refractivity contribution in [3.63, 3.8) is 0 Å². The number of para-hydroxylation sites is 2. The van der Waals surface area contributed by atoms with Crippen LogP contribution in [0.15, 0.2) is 48.5 Å². The van der Waals surface area contributed by atoms with Crippen molar-refractivity contribution in [2.24, 2.45) is 0 Å².